The Balaban J connectivity index is 2.49. The molecular weight excluding hydrogens is 190 g/mol. The minimum atomic E-state index is 0.183. The number of aryl methyl sites for hydroxylation is 1. The van der Waals surface area contributed by atoms with Gasteiger partial charge in [-0.15, -0.1) is 0 Å². The number of rotatable bonds is 4. The van der Waals surface area contributed by atoms with Gasteiger partial charge in [-0.2, -0.15) is 4.98 Å². The number of nitrogens with zero attached hydrogens (tertiary/aromatic N) is 2. The van der Waals surface area contributed by atoms with Gasteiger partial charge >= 0.3 is 0 Å². The SMILES string of the molecule is CC(N)CCc1nc(CC(C)(C)C)no1. The molecule has 4 heteroatoms. The van der Waals surface area contributed by atoms with Crippen LogP contribution in [-0.2, 0) is 12.8 Å². The first-order valence-corrected chi connectivity index (χ1v) is 5.44. The van der Waals surface area contributed by atoms with E-state index < -0.39 is 0 Å². The van der Waals surface area contributed by atoms with Crippen LogP contribution in [0.2, 0.25) is 0 Å². The van der Waals surface area contributed by atoms with Crippen LogP contribution in [0.3, 0.4) is 0 Å². The van der Waals surface area contributed by atoms with E-state index in [1.165, 1.54) is 0 Å². The lowest BCUT2D eigenvalue weighted by molar-refractivity contribution is 0.351. The Labute approximate surface area is 91.2 Å². The van der Waals surface area contributed by atoms with E-state index in [1.807, 2.05) is 6.92 Å². The first kappa shape index (κ1) is 12.2. The topological polar surface area (TPSA) is 64.9 Å². The normalized spacial score (nSPS) is 14.2. The molecule has 15 heavy (non-hydrogen) atoms. The second-order valence-corrected chi connectivity index (χ2v) is 5.36. The lowest BCUT2D eigenvalue weighted by Crippen LogP contribution is -2.15. The second-order valence-electron chi connectivity index (χ2n) is 5.36. The highest BCUT2D eigenvalue weighted by Crippen LogP contribution is 2.18. The number of aromatic nitrogens is 2. The lowest BCUT2D eigenvalue weighted by Gasteiger charge is -2.14. The molecule has 0 aliphatic rings. The maximum absolute atomic E-state index is 5.66. The summed E-state index contributed by atoms with van der Waals surface area (Å²) < 4.78 is 5.14. The van der Waals surface area contributed by atoms with Crippen LogP contribution >= 0.6 is 0 Å². The van der Waals surface area contributed by atoms with Gasteiger partial charge in [0.15, 0.2) is 5.82 Å². The van der Waals surface area contributed by atoms with Crippen molar-refractivity contribution in [1.82, 2.24) is 10.1 Å². The van der Waals surface area contributed by atoms with Crippen molar-refractivity contribution >= 4 is 0 Å². The van der Waals surface area contributed by atoms with Gasteiger partial charge in [-0.25, -0.2) is 0 Å². The van der Waals surface area contributed by atoms with E-state index in [0.717, 1.165) is 25.1 Å². The van der Waals surface area contributed by atoms with Crippen LogP contribution in [0.1, 0.15) is 45.8 Å². The highest BCUT2D eigenvalue weighted by molar-refractivity contribution is 4.90. The van der Waals surface area contributed by atoms with Crippen LogP contribution in [0.15, 0.2) is 4.52 Å². The van der Waals surface area contributed by atoms with Crippen LogP contribution in [0, 0.1) is 5.41 Å². The number of hydrogen-bond donors (Lipinski definition) is 1. The maximum Gasteiger partial charge on any atom is 0.226 e. The van der Waals surface area contributed by atoms with E-state index in [9.17, 15) is 0 Å². The molecule has 1 rings (SSSR count). The molecule has 0 saturated heterocycles. The maximum atomic E-state index is 5.66. The third-order valence-electron chi connectivity index (χ3n) is 2.01. The van der Waals surface area contributed by atoms with Crippen LogP contribution in [0.25, 0.3) is 0 Å². The van der Waals surface area contributed by atoms with E-state index in [2.05, 4.69) is 30.9 Å². The summed E-state index contributed by atoms with van der Waals surface area (Å²) in [4.78, 5) is 4.33. The second kappa shape index (κ2) is 4.75. The van der Waals surface area contributed by atoms with Crippen molar-refractivity contribution in [3.05, 3.63) is 11.7 Å². The molecule has 4 nitrogen and oxygen atoms in total. The molecule has 2 N–H and O–H groups in total. The average Bonchev–Trinajstić information content (AvgIpc) is 2.45. The van der Waals surface area contributed by atoms with Crippen LogP contribution in [0.4, 0.5) is 0 Å². The smallest absolute Gasteiger partial charge is 0.226 e. The summed E-state index contributed by atoms with van der Waals surface area (Å²) in [5.74, 6) is 1.49. The predicted molar refractivity (Wildman–Crippen MR) is 59.4 cm³/mol. The lowest BCUT2D eigenvalue weighted by atomic mass is 9.92. The van der Waals surface area contributed by atoms with Crippen molar-refractivity contribution in [1.29, 1.82) is 0 Å². The van der Waals surface area contributed by atoms with Gasteiger partial charge < -0.3 is 10.3 Å². The Morgan fingerprint density at radius 3 is 2.60 bits per heavy atom. The molecular formula is C11H21N3O. The van der Waals surface area contributed by atoms with E-state index in [1.54, 1.807) is 0 Å². The molecule has 0 aromatic carbocycles. The molecule has 1 aromatic heterocycles. The third kappa shape index (κ3) is 4.93. The molecule has 0 aliphatic carbocycles. The zero-order valence-electron chi connectivity index (χ0n) is 10.1. The number of nitrogens with two attached hydrogens (primary N) is 1. The fourth-order valence-electron chi connectivity index (χ4n) is 1.29. The van der Waals surface area contributed by atoms with Crippen molar-refractivity contribution < 1.29 is 4.52 Å². The van der Waals surface area contributed by atoms with Gasteiger partial charge in [0.2, 0.25) is 5.89 Å². The molecule has 0 aliphatic heterocycles. The van der Waals surface area contributed by atoms with E-state index >= 15 is 0 Å². The van der Waals surface area contributed by atoms with Gasteiger partial charge in [0.1, 0.15) is 0 Å². The third-order valence-corrected chi connectivity index (χ3v) is 2.01. The minimum Gasteiger partial charge on any atom is -0.339 e. The number of hydrogen-bond acceptors (Lipinski definition) is 4. The predicted octanol–water partition coefficient (Wildman–Crippen LogP) is 1.94. The summed E-state index contributed by atoms with van der Waals surface area (Å²) in [6.45, 7) is 8.45. The molecule has 0 spiro atoms. The molecule has 86 valence electrons. The van der Waals surface area contributed by atoms with E-state index in [4.69, 9.17) is 10.3 Å². The fraction of sp³-hybridized carbons (Fsp3) is 0.818. The van der Waals surface area contributed by atoms with Crippen molar-refractivity contribution in [3.8, 4) is 0 Å². The summed E-state index contributed by atoms with van der Waals surface area (Å²) in [5, 5.41) is 3.95. The highest BCUT2D eigenvalue weighted by atomic mass is 16.5. The van der Waals surface area contributed by atoms with Gasteiger partial charge in [-0.05, 0) is 18.8 Å². The minimum absolute atomic E-state index is 0.183. The van der Waals surface area contributed by atoms with Crippen LogP contribution in [0.5, 0.6) is 0 Å². The Kier molecular flexibility index (Phi) is 3.85. The van der Waals surface area contributed by atoms with Gasteiger partial charge in [0, 0.05) is 18.9 Å². The van der Waals surface area contributed by atoms with Crippen molar-refractivity contribution in [2.24, 2.45) is 11.1 Å². The summed E-state index contributed by atoms with van der Waals surface area (Å²) in [7, 11) is 0. The molecule has 1 aromatic rings. The molecule has 0 amide bonds. The Bertz CT molecular complexity index is 299. The van der Waals surface area contributed by atoms with Crippen LogP contribution < -0.4 is 5.73 Å². The zero-order chi connectivity index (χ0) is 11.5. The molecule has 0 bridgehead atoms. The Morgan fingerprint density at radius 2 is 2.07 bits per heavy atom. The standard InChI is InChI=1S/C11H21N3O/c1-8(12)5-6-10-13-9(14-15-10)7-11(2,3)4/h8H,5-7,12H2,1-4H3. The Morgan fingerprint density at radius 1 is 1.40 bits per heavy atom. The van der Waals surface area contributed by atoms with Gasteiger partial charge in [-0.1, -0.05) is 25.9 Å². The molecule has 1 atom stereocenters. The first-order chi connectivity index (χ1) is 6.87. The molecule has 0 radical (unpaired) electrons. The molecule has 1 unspecified atom stereocenters. The summed E-state index contributed by atoms with van der Waals surface area (Å²) in [5.41, 5.74) is 5.86. The summed E-state index contributed by atoms with van der Waals surface area (Å²) in [6.07, 6.45) is 2.50. The summed E-state index contributed by atoms with van der Waals surface area (Å²) >= 11 is 0. The Hall–Kier alpha value is -0.900. The summed E-state index contributed by atoms with van der Waals surface area (Å²) in [6, 6.07) is 0.183. The van der Waals surface area contributed by atoms with E-state index in [0.29, 0.717) is 5.89 Å². The van der Waals surface area contributed by atoms with E-state index in [-0.39, 0.29) is 11.5 Å². The average molecular weight is 211 g/mol. The van der Waals surface area contributed by atoms with Crippen molar-refractivity contribution in [2.45, 2.75) is 53.0 Å². The molecule has 1 heterocycles. The zero-order valence-corrected chi connectivity index (χ0v) is 10.1. The van der Waals surface area contributed by atoms with Crippen LogP contribution in [-0.4, -0.2) is 16.2 Å². The van der Waals surface area contributed by atoms with Gasteiger partial charge in [0.05, 0.1) is 0 Å². The molecule has 0 saturated carbocycles. The van der Waals surface area contributed by atoms with Gasteiger partial charge in [0.25, 0.3) is 0 Å². The van der Waals surface area contributed by atoms with Crippen molar-refractivity contribution in [3.63, 3.8) is 0 Å². The molecule has 0 fully saturated rings. The van der Waals surface area contributed by atoms with Gasteiger partial charge in [-0.3, -0.25) is 0 Å². The first-order valence-electron chi connectivity index (χ1n) is 5.44. The van der Waals surface area contributed by atoms with Crippen molar-refractivity contribution in [2.75, 3.05) is 0 Å². The highest BCUT2D eigenvalue weighted by Gasteiger charge is 2.16. The fourth-order valence-corrected chi connectivity index (χ4v) is 1.29. The largest absolute Gasteiger partial charge is 0.339 e. The monoisotopic (exact) mass is 211 g/mol. The quantitative estimate of drug-likeness (QED) is 0.826.